The van der Waals surface area contributed by atoms with Gasteiger partial charge >= 0.3 is 5.97 Å². The number of halogens is 1. The van der Waals surface area contributed by atoms with Crippen molar-refractivity contribution in [1.29, 1.82) is 0 Å². The number of carbonyl (C=O) groups excluding carboxylic acids is 13. The number of nitrogens with one attached hydrogen (secondary N) is 9. The van der Waals surface area contributed by atoms with E-state index in [9.17, 15) is 68.7 Å². The van der Waals surface area contributed by atoms with Crippen molar-refractivity contribution in [3.05, 3.63) is 53.6 Å². The number of aliphatic hydroxyl groups is 4. The Labute approximate surface area is 592 Å². The monoisotopic (exact) mass is 1450 g/mol. The van der Waals surface area contributed by atoms with Gasteiger partial charge in [0.2, 0.25) is 65.0 Å². The Kier molecular flexibility index (Phi) is 34.2. The molecule has 0 saturated carbocycles. The van der Waals surface area contributed by atoms with Crippen LogP contribution < -0.4 is 59.3 Å². The highest BCUT2D eigenvalue weighted by atomic mass is 35.5. The maximum atomic E-state index is 15.4. The van der Waals surface area contributed by atoms with Gasteiger partial charge < -0.3 is 109 Å². The summed E-state index contributed by atoms with van der Waals surface area (Å²) in [6.07, 6.45) is -3.26. The van der Waals surface area contributed by atoms with E-state index in [4.69, 9.17) is 37.3 Å². The number of hydrogen-bond acceptors (Lipinski definition) is 22. The number of hydrogen-bond donors (Lipinski definition) is 16. The van der Waals surface area contributed by atoms with Crippen LogP contribution in [-0.2, 0) is 76.5 Å². The van der Waals surface area contributed by atoms with Gasteiger partial charge in [-0.3, -0.25) is 57.5 Å². The Morgan fingerprint density at radius 2 is 1.45 bits per heavy atom. The smallest absolute Gasteiger partial charge is 0.329 e. The summed E-state index contributed by atoms with van der Waals surface area (Å²) in [5, 5.41) is 74.3. The molecule has 566 valence electrons. The van der Waals surface area contributed by atoms with Crippen LogP contribution in [0.5, 0.6) is 5.75 Å². The minimum atomic E-state index is -2.47. The molecule has 12 amide bonds. The Hall–Kier alpha value is -8.38. The van der Waals surface area contributed by atoms with Crippen molar-refractivity contribution in [2.75, 3.05) is 47.5 Å². The number of nitrogens with two attached hydrogens (primary N) is 2. The maximum Gasteiger partial charge on any atom is 0.329 e. The number of primary amides is 1. The number of esters is 1. The van der Waals surface area contributed by atoms with Crippen LogP contribution in [0.25, 0.3) is 0 Å². The summed E-state index contributed by atoms with van der Waals surface area (Å²) in [4.78, 5) is 187. The number of ether oxygens (including phenoxy) is 3. The van der Waals surface area contributed by atoms with Crippen LogP contribution in [-0.4, -0.2) is 256 Å². The number of amides is 12. The first-order valence-electron chi connectivity index (χ1n) is 33.1. The van der Waals surface area contributed by atoms with Gasteiger partial charge in [-0.1, -0.05) is 83.9 Å². The van der Waals surface area contributed by atoms with Crippen LogP contribution in [0.4, 0.5) is 0 Å². The molecule has 2 aliphatic heterocycles. The summed E-state index contributed by atoms with van der Waals surface area (Å²) < 4.78 is 17.3. The molecule has 0 aromatic heterocycles. The number of methoxy groups -OCH3 is 2. The summed E-state index contributed by atoms with van der Waals surface area (Å²) in [6.45, 7) is 14.3. The summed E-state index contributed by atoms with van der Waals surface area (Å²) >= 11 is 6.75. The molecule has 1 aromatic carbocycles. The summed E-state index contributed by atoms with van der Waals surface area (Å²) in [7, 11) is 3.49. The quantitative estimate of drug-likeness (QED) is 0.0226. The molecule has 0 aliphatic carbocycles. The summed E-state index contributed by atoms with van der Waals surface area (Å²) in [6, 6.07) is -12.5. The Morgan fingerprint density at radius 3 is 1.99 bits per heavy atom. The fraction of sp³-hybridized carbons (Fsp3) is 0.652. The number of fused-ring (bicyclic) bond motifs is 1. The summed E-state index contributed by atoms with van der Waals surface area (Å²) in [5.41, 5.74) is 10.5. The van der Waals surface area contributed by atoms with Crippen LogP contribution in [0.15, 0.2) is 48.1 Å². The number of aromatic hydroxyl groups is 1. The molecule has 20 atom stereocenters. The van der Waals surface area contributed by atoms with Gasteiger partial charge in [-0.25, -0.2) is 4.79 Å². The minimum absolute atomic E-state index is 0.0410. The molecular weight excluding hydrogens is 1350 g/mol. The molecule has 3 unspecified atom stereocenters. The number of aliphatic hydroxyl groups excluding tert-OH is 3. The second kappa shape index (κ2) is 39.7. The van der Waals surface area contributed by atoms with Gasteiger partial charge in [0.1, 0.15) is 78.4 Å². The number of benzene rings is 1. The van der Waals surface area contributed by atoms with Crippen LogP contribution >= 0.6 is 11.6 Å². The molecular formula is C66H104ClN13O21. The number of carbonyl (C=O) groups is 13. The zero-order valence-corrected chi connectivity index (χ0v) is 60.5. The van der Waals surface area contributed by atoms with Crippen LogP contribution in [0.1, 0.15) is 114 Å². The molecule has 3 rings (SSSR count). The van der Waals surface area contributed by atoms with E-state index in [0.29, 0.717) is 0 Å². The average Bonchev–Trinajstić information content (AvgIpc) is 0.792. The highest BCUT2D eigenvalue weighted by molar-refractivity contribution is 6.21. The van der Waals surface area contributed by atoms with E-state index < -0.39 is 216 Å². The van der Waals surface area contributed by atoms with E-state index in [0.717, 1.165) is 49.8 Å². The highest BCUT2D eigenvalue weighted by Crippen LogP contribution is 2.31. The predicted octanol–water partition coefficient (Wildman–Crippen LogP) is -4.09. The van der Waals surface area contributed by atoms with E-state index in [1.807, 2.05) is 19.9 Å². The largest absolute Gasteiger partial charge is 0.508 e. The van der Waals surface area contributed by atoms with Gasteiger partial charge in [-0.2, -0.15) is 0 Å². The second-order valence-corrected chi connectivity index (χ2v) is 26.9. The number of alkyl halides is 1. The number of cyclic esters (lactones) is 1. The molecule has 1 aromatic rings. The maximum absolute atomic E-state index is 15.4. The van der Waals surface area contributed by atoms with Crippen molar-refractivity contribution in [2.45, 2.75) is 204 Å². The number of allylic oxidation sites excluding steroid dienone is 3. The van der Waals surface area contributed by atoms with Crippen LogP contribution in [0.2, 0.25) is 0 Å². The molecule has 34 nitrogen and oxygen atoms in total. The van der Waals surface area contributed by atoms with Crippen molar-refractivity contribution in [3.8, 4) is 5.75 Å². The van der Waals surface area contributed by atoms with Crippen LogP contribution in [0.3, 0.4) is 0 Å². The molecule has 2 saturated heterocycles. The third-order valence-corrected chi connectivity index (χ3v) is 18.0. The van der Waals surface area contributed by atoms with Crippen molar-refractivity contribution in [1.82, 2.24) is 57.7 Å². The summed E-state index contributed by atoms with van der Waals surface area (Å²) in [5.74, 6) is -18.5. The minimum Gasteiger partial charge on any atom is -0.508 e. The molecule has 0 radical (unpaired) electrons. The van der Waals surface area contributed by atoms with Gasteiger partial charge in [-0.15, -0.1) is 11.6 Å². The standard InChI is InChI=1S/C66H104ClN13O21/c1-16-31(4)25-32(5)17-22-44(84)66(12,98)65(97)71-28-46(86)74-49(37(10)81)59(91)76-48(35(8)68)58(90)75-47(33(6)34(7)55(69)87)57(89)77-50-53(30(2)3)101-64(96)43-26-40(67)23-24-80(43)63(95)51(54(100-15)39-18-20-41(83)21-19-39)78-61(93)52(38(11)82)79(13)62(94)36(9)72-45(85)27-70-56(88)42(29-99-14)73-60(50)92/h17-22,25,30-31,33-38,40,42-44,47-54,81-84,98H,16,23-24,26-29,68H2,1-15H3,(H2,69,87)(H,70,88)(H,71,97)(H,72,85)(H,73,92)(H,74,86)(H,75,90)(H,76,91)(H,77,89)(H,78,93)/b22-17-,32-25+/t31?,33-,34+,35+,36-,37+,38+,40-,42+,43-,44?,47-,48-,49-,50+,51+,52-,53+,54+,66?/m0/s1. The van der Waals surface area contributed by atoms with Crippen molar-refractivity contribution in [2.24, 2.45) is 35.1 Å². The van der Waals surface area contributed by atoms with E-state index in [2.05, 4.69) is 47.9 Å². The first kappa shape index (κ1) is 86.8. The predicted molar refractivity (Wildman–Crippen MR) is 364 cm³/mol. The van der Waals surface area contributed by atoms with E-state index in [-0.39, 0.29) is 36.6 Å². The molecule has 2 fully saturated rings. The number of likely N-dealkylation sites (N-methyl/N-ethyl adjacent to an activating group) is 1. The zero-order valence-electron chi connectivity index (χ0n) is 59.7. The lowest BCUT2D eigenvalue weighted by Gasteiger charge is -2.41. The molecule has 101 heavy (non-hydrogen) atoms. The van der Waals surface area contributed by atoms with Crippen molar-refractivity contribution >= 4 is 88.5 Å². The van der Waals surface area contributed by atoms with Gasteiger partial charge in [0.25, 0.3) is 5.91 Å². The van der Waals surface area contributed by atoms with Gasteiger partial charge in [0, 0.05) is 45.1 Å². The highest BCUT2D eigenvalue weighted by Gasteiger charge is 2.48. The topological polar surface area (TPSA) is 518 Å². The number of phenolic OH excluding ortho intramolecular Hbond substituents is 1. The third-order valence-electron chi connectivity index (χ3n) is 17.6. The number of piperidine rings is 1. The Balaban J connectivity index is 2.21. The normalized spacial score (nSPS) is 25.1. The van der Waals surface area contributed by atoms with E-state index in [1.54, 1.807) is 6.92 Å². The Bertz CT molecular complexity index is 3150. The number of nitrogens with zero attached hydrogens (tertiary/aromatic N) is 2. The second-order valence-electron chi connectivity index (χ2n) is 26.3. The lowest BCUT2D eigenvalue weighted by Crippen LogP contribution is -2.66. The average molecular weight is 1450 g/mol. The van der Waals surface area contributed by atoms with E-state index in [1.165, 1.54) is 92.0 Å². The molecule has 2 heterocycles. The third kappa shape index (κ3) is 24.7. The first-order chi connectivity index (χ1) is 47.1. The Morgan fingerprint density at radius 1 is 0.842 bits per heavy atom. The van der Waals surface area contributed by atoms with Gasteiger partial charge in [0.15, 0.2) is 5.60 Å². The molecule has 35 heteroatoms. The van der Waals surface area contributed by atoms with Crippen molar-refractivity contribution < 1.29 is 102 Å². The SMILES string of the molecule is CCC(C)/C=C(C)/C=C\C(O)C(C)(O)C(=O)NCC(=O)N[C@H](C(=O)N[C@H](C(=O)N[C@H](C(=O)N[C@H]1C(=O)N[C@H](COC)C(=O)NCC(=O)N[C@@H](C)C(=O)N(C)[C@@H]([C@@H](C)O)C(=O)N[C@H]([C@H](OC)c2ccc(O)cc2)C(=O)N2CC[C@H](Cl)C[C@H]2C(=O)O[C@@H]1C(C)C)[C@@H](C)[C@@H](C)C(N)=O)[C@@H](C)N)[C@@H](C)O. The lowest BCUT2D eigenvalue weighted by atomic mass is 9.87. The fourth-order valence-electron chi connectivity index (χ4n) is 11.0. The van der Waals surface area contributed by atoms with Crippen molar-refractivity contribution in [3.63, 3.8) is 0 Å². The van der Waals surface area contributed by atoms with Crippen LogP contribution in [0, 0.1) is 23.7 Å². The number of rotatable bonds is 27. The van der Waals surface area contributed by atoms with Gasteiger partial charge in [-0.05, 0) is 89.8 Å². The molecule has 0 spiro atoms. The molecule has 18 N–H and O–H groups in total. The van der Waals surface area contributed by atoms with Gasteiger partial charge in [0.05, 0.1) is 31.9 Å². The zero-order chi connectivity index (χ0) is 76.8. The van der Waals surface area contributed by atoms with E-state index >= 15 is 19.2 Å². The molecule has 2 aliphatic rings. The molecule has 0 bridgehead atoms. The number of phenols is 1. The lowest BCUT2D eigenvalue weighted by molar-refractivity contribution is -0.168. The fourth-order valence-corrected chi connectivity index (χ4v) is 11.3. The first-order valence-corrected chi connectivity index (χ1v) is 33.6.